The molecule has 20 heteroatoms. The average Bonchev–Trinajstić information content (AvgIpc) is 3.55. The van der Waals surface area contributed by atoms with Crippen LogP contribution < -0.4 is 53.4 Å². The van der Waals surface area contributed by atoms with Gasteiger partial charge in [-0.15, -0.1) is 0 Å². The summed E-state index contributed by atoms with van der Waals surface area (Å²) in [6.07, 6.45) is 2.32. The summed E-state index contributed by atoms with van der Waals surface area (Å²) in [5.74, 6) is 2.28. The zero-order valence-electron chi connectivity index (χ0n) is 37.7. The first-order chi connectivity index (χ1) is 31.1. The summed E-state index contributed by atoms with van der Waals surface area (Å²) in [5, 5.41) is 0.615. The van der Waals surface area contributed by atoms with E-state index in [4.69, 9.17) is 34.4 Å². The van der Waals surface area contributed by atoms with Crippen molar-refractivity contribution in [3.8, 4) is 23.0 Å². The van der Waals surface area contributed by atoms with E-state index in [-0.39, 0.29) is 55.7 Å². The normalized spacial score (nSPS) is 13.0. The third-order valence-corrected chi connectivity index (χ3v) is 13.4. The maximum absolute atomic E-state index is 13.8. The van der Waals surface area contributed by atoms with Crippen molar-refractivity contribution in [3.05, 3.63) is 133 Å². The summed E-state index contributed by atoms with van der Waals surface area (Å²) in [6, 6.07) is 33.1. The summed E-state index contributed by atoms with van der Waals surface area (Å²) in [7, 11) is 5.87. The Bertz CT molecular complexity index is 2700. The van der Waals surface area contributed by atoms with Gasteiger partial charge in [-0.2, -0.15) is 0 Å². The van der Waals surface area contributed by atoms with E-state index in [1.807, 2.05) is 30.3 Å². The molecule has 0 saturated carbocycles. The van der Waals surface area contributed by atoms with Crippen molar-refractivity contribution in [2.75, 3.05) is 73.2 Å². The number of rotatable bonds is 11. The van der Waals surface area contributed by atoms with E-state index < -0.39 is 35.9 Å². The molecule has 0 spiro atoms. The molecule has 1 aromatic heterocycles. The fraction of sp³-hybridized carbons (Fsp3) is 0.261. The van der Waals surface area contributed by atoms with E-state index in [2.05, 4.69) is 21.8 Å². The van der Waals surface area contributed by atoms with E-state index in [1.54, 1.807) is 56.5 Å². The van der Waals surface area contributed by atoms with Crippen LogP contribution in [0.4, 0.5) is 5.69 Å². The molecule has 1 atom stereocenters. The number of carbonyl (C=O) groups is 1. The molecule has 0 radical (unpaired) electrons. The molecule has 0 amide bonds. The van der Waals surface area contributed by atoms with Crippen LogP contribution in [-0.4, -0.2) is 110 Å². The van der Waals surface area contributed by atoms with Crippen LogP contribution in [0.25, 0.3) is 10.9 Å². The fourth-order valence-electron chi connectivity index (χ4n) is 6.16. The second-order valence-corrected chi connectivity index (χ2v) is 19.2. The molecule has 348 valence electrons. The van der Waals surface area contributed by atoms with Gasteiger partial charge in [-0.25, -0.2) is 21.6 Å². The van der Waals surface area contributed by atoms with Crippen LogP contribution in [0, 0.1) is 0 Å². The summed E-state index contributed by atoms with van der Waals surface area (Å²) < 4.78 is 94.8. The summed E-state index contributed by atoms with van der Waals surface area (Å²) in [4.78, 5) is 21.8. The first-order valence-corrected chi connectivity index (χ1v) is 24.8. The number of pyridine rings is 1. The quantitative estimate of drug-likeness (QED) is 0.0754. The number of para-hydroxylation sites is 1. The molecule has 6 aromatic rings. The van der Waals surface area contributed by atoms with Gasteiger partial charge in [0.15, 0.2) is 0 Å². The summed E-state index contributed by atoms with van der Waals surface area (Å²) in [5.41, 5.74) is 1.56. The standard InChI is InChI=1S/C25H29N3O5S.C7H7ClO3S.C7H8O3S.C7H8O.Na/c1-4-33-25(29)18-6-11-22-21(16-18)24(28-13-5-12-27(2)14-15-28)23(17-26-22)34(30,31)20-9-7-19(32-3)8-10-20;1-11-6-2-4-7(5-3-6)12(8,9)10;1-10-6-2-4-7(5-3-6)11(8)9;1-8-7-5-3-2-4-6-7;/h6-11,16-17H,4-5,12-15H2,1-3H3;2-5H,1H3;2-5H,1H3,(H,8,9);2-6H,1H3;/q;;;;+1/p-1. The van der Waals surface area contributed by atoms with Crippen molar-refractivity contribution < 1.29 is 83.6 Å². The van der Waals surface area contributed by atoms with Crippen LogP contribution >= 0.6 is 10.7 Å². The van der Waals surface area contributed by atoms with Crippen molar-refractivity contribution in [2.45, 2.75) is 32.9 Å². The van der Waals surface area contributed by atoms with Crippen LogP contribution in [0.2, 0.25) is 0 Å². The first kappa shape index (κ1) is 55.6. The number of ether oxygens (including phenoxy) is 5. The third kappa shape index (κ3) is 16.2. The van der Waals surface area contributed by atoms with Gasteiger partial charge >= 0.3 is 35.5 Å². The van der Waals surface area contributed by atoms with Crippen LogP contribution in [0.5, 0.6) is 23.0 Å². The van der Waals surface area contributed by atoms with Crippen LogP contribution in [0.3, 0.4) is 0 Å². The van der Waals surface area contributed by atoms with E-state index >= 15 is 0 Å². The SMILES string of the molecule is CCOC(=O)c1ccc2ncc(S(=O)(=O)c3ccc(OC)cc3)c(N3CCCN(C)CC3)c2c1.COc1ccc(S(=O)(=O)Cl)cc1.COc1ccc(S(=O)[O-])cc1.COc1ccccc1.[Na+]. The van der Waals surface area contributed by atoms with Crippen molar-refractivity contribution >= 4 is 63.2 Å². The third-order valence-electron chi connectivity index (χ3n) is 9.58. The Morgan fingerprint density at radius 3 is 1.71 bits per heavy atom. The minimum atomic E-state index is -3.89. The number of halogens is 1. The van der Waals surface area contributed by atoms with Gasteiger partial charge < -0.3 is 38.0 Å². The molecule has 1 unspecified atom stereocenters. The average molecular weight is 993 g/mol. The first-order valence-electron chi connectivity index (χ1n) is 19.9. The second-order valence-electron chi connectivity index (χ2n) is 13.8. The van der Waals surface area contributed by atoms with Crippen molar-refractivity contribution in [1.29, 1.82) is 0 Å². The van der Waals surface area contributed by atoms with E-state index in [9.17, 15) is 30.4 Å². The zero-order valence-corrected chi connectivity index (χ0v) is 42.9. The minimum Gasteiger partial charge on any atom is -0.768 e. The molecule has 5 aromatic carbocycles. The number of methoxy groups -OCH3 is 4. The van der Waals surface area contributed by atoms with Crippen molar-refractivity contribution in [3.63, 3.8) is 0 Å². The number of esters is 1. The molecule has 0 N–H and O–H groups in total. The number of nitrogens with zero attached hydrogens (tertiary/aromatic N) is 3. The molecule has 1 fully saturated rings. The number of likely N-dealkylation sites (N-methyl/N-ethyl adjacent to an activating group) is 1. The van der Waals surface area contributed by atoms with Crippen LogP contribution in [0.1, 0.15) is 23.7 Å². The molecule has 7 rings (SSSR count). The molecule has 1 aliphatic rings. The zero-order chi connectivity index (χ0) is 47.6. The van der Waals surface area contributed by atoms with Gasteiger partial charge in [-0.3, -0.25) is 9.19 Å². The number of hydrogen-bond acceptors (Lipinski definition) is 15. The van der Waals surface area contributed by atoms with Gasteiger partial charge in [-0.05, 0) is 141 Å². The number of hydrogen-bond donors (Lipinski definition) is 0. The molecular formula is C46H51ClN3NaO12S3. The molecule has 1 saturated heterocycles. The van der Waals surface area contributed by atoms with Gasteiger partial charge in [0, 0.05) is 46.8 Å². The molecule has 15 nitrogen and oxygen atoms in total. The number of aromatic nitrogens is 1. The minimum absolute atomic E-state index is 0. The fourth-order valence-corrected chi connectivity index (χ4v) is 8.72. The second kappa shape index (κ2) is 27.2. The molecule has 0 bridgehead atoms. The van der Waals surface area contributed by atoms with E-state index in [1.165, 1.54) is 76.1 Å². The summed E-state index contributed by atoms with van der Waals surface area (Å²) in [6.45, 7) is 5.08. The topological polar surface area (TPSA) is 191 Å². The molecule has 1 aliphatic heterocycles. The maximum Gasteiger partial charge on any atom is 1.00 e. The predicted molar refractivity (Wildman–Crippen MR) is 250 cm³/mol. The van der Waals surface area contributed by atoms with E-state index in [0.717, 1.165) is 25.3 Å². The van der Waals surface area contributed by atoms with Gasteiger partial charge in [0.25, 0.3) is 9.05 Å². The number of anilines is 1. The Morgan fingerprint density at radius 2 is 1.23 bits per heavy atom. The smallest absolute Gasteiger partial charge is 0.768 e. The number of sulfone groups is 1. The largest absolute Gasteiger partial charge is 1.00 e. The molecular weight excluding hydrogens is 941 g/mol. The Balaban J connectivity index is 0.000000292. The Labute approximate surface area is 415 Å². The predicted octanol–water partition coefficient (Wildman–Crippen LogP) is 4.65. The number of benzene rings is 5. The molecule has 66 heavy (non-hydrogen) atoms. The van der Waals surface area contributed by atoms with Crippen LogP contribution in [0.15, 0.2) is 147 Å². The summed E-state index contributed by atoms with van der Waals surface area (Å²) >= 11 is -2.14. The Kier molecular flexibility index (Phi) is 22.9. The van der Waals surface area contributed by atoms with E-state index in [0.29, 0.717) is 52.5 Å². The van der Waals surface area contributed by atoms with Crippen molar-refractivity contribution in [2.24, 2.45) is 0 Å². The monoisotopic (exact) mass is 991 g/mol. The molecule has 0 aliphatic carbocycles. The van der Waals surface area contributed by atoms with Gasteiger partial charge in [0.1, 0.15) is 27.9 Å². The van der Waals surface area contributed by atoms with Gasteiger partial charge in [0.05, 0.1) is 61.6 Å². The Morgan fingerprint density at radius 1 is 0.712 bits per heavy atom. The number of carbonyl (C=O) groups excluding carboxylic acids is 1. The number of fused-ring (bicyclic) bond motifs is 1. The Hall–Kier alpha value is -4.76. The van der Waals surface area contributed by atoms with Crippen molar-refractivity contribution in [1.82, 2.24) is 9.88 Å². The molecule has 2 heterocycles. The maximum atomic E-state index is 13.8. The van der Waals surface area contributed by atoms with Gasteiger partial charge in [-0.1, -0.05) is 18.2 Å². The van der Waals surface area contributed by atoms with Crippen LogP contribution in [-0.2, 0) is 34.7 Å². The van der Waals surface area contributed by atoms with Gasteiger partial charge in [0.2, 0.25) is 9.84 Å².